The van der Waals surface area contributed by atoms with Gasteiger partial charge in [0.1, 0.15) is 5.75 Å². The Labute approximate surface area is 95.3 Å². The Kier molecular flexibility index (Phi) is 5.06. The van der Waals surface area contributed by atoms with Crippen LogP contribution in [0.1, 0.15) is 11.1 Å². The molecule has 3 heteroatoms. The average molecular weight is 220 g/mol. The van der Waals surface area contributed by atoms with Crippen LogP contribution in [-0.4, -0.2) is 19.1 Å². The van der Waals surface area contributed by atoms with E-state index in [9.17, 15) is 0 Å². The van der Waals surface area contributed by atoms with Crippen LogP contribution in [0.15, 0.2) is 12.1 Å². The number of benzene rings is 1. The quantitative estimate of drug-likeness (QED) is 0.764. The summed E-state index contributed by atoms with van der Waals surface area (Å²) in [6.45, 7) is 0. The summed E-state index contributed by atoms with van der Waals surface area (Å²) in [5.74, 6) is 1.90. The Bertz CT molecular complexity index is 357. The van der Waals surface area contributed by atoms with Gasteiger partial charge in [-0.2, -0.15) is 17.0 Å². The zero-order valence-corrected chi connectivity index (χ0v) is 9.86. The second kappa shape index (κ2) is 6.36. The van der Waals surface area contributed by atoms with Crippen LogP contribution in [0.5, 0.6) is 5.75 Å². The summed E-state index contributed by atoms with van der Waals surface area (Å²) in [5, 5.41) is 8.72. The number of ether oxygens (including phenoxy) is 1. The van der Waals surface area contributed by atoms with E-state index >= 15 is 0 Å². The zero-order chi connectivity index (χ0) is 11.1. The van der Waals surface area contributed by atoms with E-state index < -0.39 is 0 Å². The van der Waals surface area contributed by atoms with E-state index in [-0.39, 0.29) is 0 Å². The summed E-state index contributed by atoms with van der Waals surface area (Å²) < 4.78 is 5.29. The predicted octanol–water partition coefficient (Wildman–Crippen LogP) is 2.47. The number of thioether (sulfide) groups is 1. The van der Waals surface area contributed by atoms with Crippen molar-refractivity contribution in [3.05, 3.63) is 29.3 Å². The first-order chi connectivity index (χ1) is 7.33. The molecule has 1 aromatic rings. The monoisotopic (exact) mass is 220 g/mol. The van der Waals surface area contributed by atoms with Crippen molar-refractivity contribution >= 4 is 11.8 Å². The highest BCUT2D eigenvalue weighted by atomic mass is 32.2. The van der Waals surface area contributed by atoms with Crippen molar-refractivity contribution in [3.8, 4) is 11.8 Å². The standard InChI is InChI=1S/C12H14NOS/c1-14-12-5-3-4-10(6-8-13)11(12)7-9-15-2/h3,5H,6-7,9H2,1-2H3. The molecule has 0 atom stereocenters. The lowest BCUT2D eigenvalue weighted by Gasteiger charge is -2.11. The molecule has 0 unspecified atom stereocenters. The highest BCUT2D eigenvalue weighted by Gasteiger charge is 2.08. The molecule has 0 N–H and O–H groups in total. The Morgan fingerprint density at radius 3 is 3.00 bits per heavy atom. The van der Waals surface area contributed by atoms with Gasteiger partial charge in [-0.15, -0.1) is 0 Å². The van der Waals surface area contributed by atoms with Gasteiger partial charge in [0.2, 0.25) is 0 Å². The Hall–Kier alpha value is -1.14. The molecule has 0 fully saturated rings. The van der Waals surface area contributed by atoms with E-state index in [2.05, 4.69) is 18.4 Å². The molecule has 0 amide bonds. The van der Waals surface area contributed by atoms with Crippen molar-refractivity contribution in [2.45, 2.75) is 12.8 Å². The fourth-order valence-electron chi connectivity index (χ4n) is 1.46. The van der Waals surface area contributed by atoms with Crippen LogP contribution in [0.4, 0.5) is 0 Å². The molecular weight excluding hydrogens is 206 g/mol. The van der Waals surface area contributed by atoms with E-state index in [0.29, 0.717) is 6.42 Å². The summed E-state index contributed by atoms with van der Waals surface area (Å²) in [7, 11) is 1.66. The van der Waals surface area contributed by atoms with Gasteiger partial charge >= 0.3 is 0 Å². The molecule has 15 heavy (non-hydrogen) atoms. The van der Waals surface area contributed by atoms with Crippen LogP contribution in [0.25, 0.3) is 0 Å². The van der Waals surface area contributed by atoms with Crippen LogP contribution in [0, 0.1) is 17.4 Å². The highest BCUT2D eigenvalue weighted by molar-refractivity contribution is 7.98. The smallest absolute Gasteiger partial charge is 0.122 e. The van der Waals surface area contributed by atoms with Gasteiger partial charge in [-0.25, -0.2) is 0 Å². The summed E-state index contributed by atoms with van der Waals surface area (Å²) >= 11 is 1.79. The van der Waals surface area contributed by atoms with E-state index in [4.69, 9.17) is 10.00 Å². The Morgan fingerprint density at radius 1 is 1.60 bits per heavy atom. The third-order valence-electron chi connectivity index (χ3n) is 2.19. The first kappa shape index (κ1) is 11.9. The number of hydrogen-bond donors (Lipinski definition) is 0. The topological polar surface area (TPSA) is 33.0 Å². The van der Waals surface area contributed by atoms with Crippen molar-refractivity contribution in [2.75, 3.05) is 19.1 Å². The maximum absolute atomic E-state index is 8.72. The third-order valence-corrected chi connectivity index (χ3v) is 2.80. The van der Waals surface area contributed by atoms with E-state index in [0.717, 1.165) is 29.1 Å². The minimum atomic E-state index is 0.404. The van der Waals surface area contributed by atoms with Crippen LogP contribution in [-0.2, 0) is 12.8 Å². The molecule has 0 saturated heterocycles. The van der Waals surface area contributed by atoms with Gasteiger partial charge < -0.3 is 4.74 Å². The van der Waals surface area contributed by atoms with Crippen molar-refractivity contribution in [2.24, 2.45) is 0 Å². The SMILES string of the molecule is COc1cc[c]c(CC#N)c1CCSC. The molecule has 79 valence electrons. The van der Waals surface area contributed by atoms with Crippen LogP contribution >= 0.6 is 11.8 Å². The lowest BCUT2D eigenvalue weighted by molar-refractivity contribution is 0.409. The maximum Gasteiger partial charge on any atom is 0.122 e. The lowest BCUT2D eigenvalue weighted by atomic mass is 10.0. The van der Waals surface area contributed by atoms with Crippen LogP contribution < -0.4 is 4.74 Å². The van der Waals surface area contributed by atoms with Gasteiger partial charge in [0.05, 0.1) is 19.6 Å². The lowest BCUT2D eigenvalue weighted by Crippen LogP contribution is -1.99. The number of hydrogen-bond acceptors (Lipinski definition) is 3. The number of rotatable bonds is 5. The molecule has 0 bridgehead atoms. The summed E-state index contributed by atoms with van der Waals surface area (Å²) in [4.78, 5) is 0. The average Bonchev–Trinajstić information content (AvgIpc) is 2.27. The van der Waals surface area contributed by atoms with Gasteiger partial charge in [0, 0.05) is 0 Å². The van der Waals surface area contributed by atoms with Crippen molar-refractivity contribution < 1.29 is 4.74 Å². The molecular formula is C12H14NOS. The Morgan fingerprint density at radius 2 is 2.40 bits per heavy atom. The minimum Gasteiger partial charge on any atom is -0.496 e. The summed E-state index contributed by atoms with van der Waals surface area (Å²) in [6.07, 6.45) is 3.41. The second-order valence-electron chi connectivity index (χ2n) is 3.08. The van der Waals surface area contributed by atoms with Gasteiger partial charge in [-0.3, -0.25) is 0 Å². The Balaban J connectivity index is 2.98. The van der Waals surface area contributed by atoms with E-state index in [1.54, 1.807) is 18.9 Å². The second-order valence-corrected chi connectivity index (χ2v) is 4.07. The fraction of sp³-hybridized carbons (Fsp3) is 0.417. The molecule has 0 aromatic heterocycles. The predicted molar refractivity (Wildman–Crippen MR) is 63.2 cm³/mol. The molecule has 1 radical (unpaired) electrons. The molecule has 0 aliphatic carbocycles. The molecule has 0 spiro atoms. The first-order valence-corrected chi connectivity index (χ1v) is 6.15. The number of nitriles is 1. The van der Waals surface area contributed by atoms with Gasteiger partial charge in [-0.1, -0.05) is 6.07 Å². The molecule has 0 saturated carbocycles. The van der Waals surface area contributed by atoms with Crippen molar-refractivity contribution in [3.63, 3.8) is 0 Å². The summed E-state index contributed by atoms with van der Waals surface area (Å²) in [6, 6.07) is 8.98. The molecule has 0 heterocycles. The van der Waals surface area contributed by atoms with Gasteiger partial charge in [0.25, 0.3) is 0 Å². The molecule has 2 nitrogen and oxygen atoms in total. The zero-order valence-electron chi connectivity index (χ0n) is 9.04. The number of methoxy groups -OCH3 is 1. The fourth-order valence-corrected chi connectivity index (χ4v) is 1.87. The largest absolute Gasteiger partial charge is 0.496 e. The molecule has 0 aliphatic heterocycles. The van der Waals surface area contributed by atoms with Crippen LogP contribution in [0.3, 0.4) is 0 Å². The molecule has 0 aliphatic rings. The van der Waals surface area contributed by atoms with E-state index in [1.807, 2.05) is 12.1 Å². The normalized spacial score (nSPS) is 9.67. The van der Waals surface area contributed by atoms with Gasteiger partial charge in [-0.05, 0) is 41.7 Å². The van der Waals surface area contributed by atoms with Crippen molar-refractivity contribution in [1.82, 2.24) is 0 Å². The maximum atomic E-state index is 8.72. The first-order valence-electron chi connectivity index (χ1n) is 4.75. The molecule has 1 rings (SSSR count). The third kappa shape index (κ3) is 3.17. The van der Waals surface area contributed by atoms with Crippen LogP contribution in [0.2, 0.25) is 0 Å². The van der Waals surface area contributed by atoms with Crippen molar-refractivity contribution in [1.29, 1.82) is 5.26 Å². The number of nitrogens with zero attached hydrogens (tertiary/aromatic N) is 1. The van der Waals surface area contributed by atoms with E-state index in [1.165, 1.54) is 0 Å². The minimum absolute atomic E-state index is 0.404. The summed E-state index contributed by atoms with van der Waals surface area (Å²) in [5.41, 5.74) is 2.08. The molecule has 1 aromatic carbocycles. The highest BCUT2D eigenvalue weighted by Crippen LogP contribution is 2.23. The van der Waals surface area contributed by atoms with Gasteiger partial charge in [0.15, 0.2) is 0 Å².